The van der Waals surface area contributed by atoms with Crippen molar-refractivity contribution in [1.82, 2.24) is 24.8 Å². The van der Waals surface area contributed by atoms with Crippen LogP contribution in [-0.2, 0) is 4.79 Å². The molecule has 0 spiro atoms. The highest BCUT2D eigenvalue weighted by molar-refractivity contribution is 5.93. The lowest BCUT2D eigenvalue weighted by atomic mass is 10.0. The Balaban J connectivity index is 1.26. The SMILES string of the molecule is CNc1ccc(Nc2ncnc3[nH]c(C4=CCN(C(=O)CCN5CCCCC5)CC4)cc23)cc1C=[NH2+]. The lowest BCUT2D eigenvalue weighted by molar-refractivity contribution is -0.131. The molecule has 36 heavy (non-hydrogen) atoms. The maximum absolute atomic E-state index is 12.8. The summed E-state index contributed by atoms with van der Waals surface area (Å²) in [5, 5.41) is 13.2. The van der Waals surface area contributed by atoms with Gasteiger partial charge in [0.1, 0.15) is 17.8 Å². The Hall–Kier alpha value is -3.72. The van der Waals surface area contributed by atoms with Gasteiger partial charge < -0.3 is 25.4 Å². The van der Waals surface area contributed by atoms with Crippen LogP contribution in [0.3, 0.4) is 0 Å². The van der Waals surface area contributed by atoms with E-state index in [4.69, 9.17) is 5.41 Å². The number of hydrogen-bond acceptors (Lipinski definition) is 6. The molecule has 2 aliphatic rings. The van der Waals surface area contributed by atoms with Crippen molar-refractivity contribution in [1.29, 1.82) is 0 Å². The third-order valence-corrected chi connectivity index (χ3v) is 7.19. The van der Waals surface area contributed by atoms with E-state index in [-0.39, 0.29) is 5.91 Å². The van der Waals surface area contributed by atoms with Gasteiger partial charge in [-0.3, -0.25) is 10.2 Å². The lowest BCUT2D eigenvalue weighted by Crippen LogP contribution is -2.38. The van der Waals surface area contributed by atoms with Gasteiger partial charge in [0.05, 0.1) is 10.9 Å². The molecule has 1 saturated heterocycles. The number of fused-ring (bicyclic) bond motifs is 1. The van der Waals surface area contributed by atoms with Crippen molar-refractivity contribution in [2.24, 2.45) is 0 Å². The molecule has 4 heterocycles. The fourth-order valence-corrected chi connectivity index (χ4v) is 5.09. The second-order valence-corrected chi connectivity index (χ2v) is 9.48. The fourth-order valence-electron chi connectivity index (χ4n) is 5.09. The Morgan fingerprint density at radius 2 is 2.03 bits per heavy atom. The highest BCUT2D eigenvalue weighted by Crippen LogP contribution is 2.30. The summed E-state index contributed by atoms with van der Waals surface area (Å²) in [5.41, 5.74) is 5.77. The molecule has 0 saturated carbocycles. The Labute approximate surface area is 211 Å². The van der Waals surface area contributed by atoms with E-state index in [2.05, 4.69) is 42.6 Å². The predicted octanol–water partition coefficient (Wildman–Crippen LogP) is 2.41. The third kappa shape index (κ3) is 5.26. The zero-order valence-electron chi connectivity index (χ0n) is 20.9. The van der Waals surface area contributed by atoms with Crippen LogP contribution < -0.4 is 16.0 Å². The summed E-state index contributed by atoms with van der Waals surface area (Å²) in [4.78, 5) is 29.5. The van der Waals surface area contributed by atoms with E-state index >= 15 is 0 Å². The van der Waals surface area contributed by atoms with Crippen LogP contribution in [0.25, 0.3) is 16.6 Å². The van der Waals surface area contributed by atoms with Gasteiger partial charge in [0, 0.05) is 50.2 Å². The Morgan fingerprint density at radius 3 is 2.78 bits per heavy atom. The summed E-state index contributed by atoms with van der Waals surface area (Å²) in [6.45, 7) is 4.53. The number of H-pyrrole nitrogens is 1. The smallest absolute Gasteiger partial charge is 0.224 e. The van der Waals surface area contributed by atoms with Crippen LogP contribution in [0.2, 0.25) is 0 Å². The van der Waals surface area contributed by atoms with Gasteiger partial charge in [-0.05, 0) is 62.2 Å². The molecule has 5 rings (SSSR count). The summed E-state index contributed by atoms with van der Waals surface area (Å²) in [6, 6.07) is 8.04. The zero-order valence-corrected chi connectivity index (χ0v) is 20.9. The Bertz CT molecular complexity index is 1270. The quantitative estimate of drug-likeness (QED) is 0.363. The molecule has 2 aliphatic heterocycles. The van der Waals surface area contributed by atoms with Gasteiger partial charge in [-0.25, -0.2) is 9.97 Å². The molecule has 1 aromatic carbocycles. The van der Waals surface area contributed by atoms with Crippen molar-refractivity contribution >= 4 is 45.9 Å². The molecule has 0 bridgehead atoms. The maximum atomic E-state index is 12.8. The second kappa shape index (κ2) is 10.9. The highest BCUT2D eigenvalue weighted by Gasteiger charge is 2.21. The number of aromatic nitrogens is 3. The summed E-state index contributed by atoms with van der Waals surface area (Å²) >= 11 is 0. The number of benzene rings is 1. The molecule has 3 aromatic rings. The number of carbonyl (C=O) groups is 1. The molecule has 1 fully saturated rings. The van der Waals surface area contributed by atoms with Crippen LogP contribution >= 0.6 is 0 Å². The molecular formula is C27H35N8O+. The molecule has 9 heteroatoms. The standard InChI is InChI=1S/C27H34N8O/c1-29-23-6-5-21(15-20(23)17-28)32-26-22-16-24(33-27(22)31-18-30-26)19-7-13-35(14-8-19)25(36)9-12-34-10-3-2-4-11-34/h5-7,15-18,28-29H,2-4,8-14H2,1H3,(H2,30,31,32,33)/p+1. The molecule has 0 unspecified atom stereocenters. The van der Waals surface area contributed by atoms with Crippen LogP contribution in [0.15, 0.2) is 36.7 Å². The number of nitrogens with one attached hydrogen (secondary N) is 3. The highest BCUT2D eigenvalue weighted by atomic mass is 16.2. The number of carbonyl (C=O) groups excluding carboxylic acids is 1. The third-order valence-electron chi connectivity index (χ3n) is 7.19. The molecule has 5 N–H and O–H groups in total. The summed E-state index contributed by atoms with van der Waals surface area (Å²) in [7, 11) is 1.87. The van der Waals surface area contributed by atoms with Crippen molar-refractivity contribution in [3.05, 3.63) is 47.9 Å². The first kappa shape index (κ1) is 24.0. The topological polar surface area (TPSA) is 115 Å². The lowest BCUT2D eigenvalue weighted by Gasteiger charge is -2.29. The average Bonchev–Trinajstić information content (AvgIpc) is 3.38. The summed E-state index contributed by atoms with van der Waals surface area (Å²) < 4.78 is 0. The van der Waals surface area contributed by atoms with Gasteiger partial charge in [-0.15, -0.1) is 0 Å². The van der Waals surface area contributed by atoms with Crippen LogP contribution in [0.1, 0.15) is 43.4 Å². The van der Waals surface area contributed by atoms with Crippen molar-refractivity contribution in [3.63, 3.8) is 0 Å². The van der Waals surface area contributed by atoms with Gasteiger partial charge in [0.25, 0.3) is 0 Å². The van der Waals surface area contributed by atoms with Gasteiger partial charge in [0.15, 0.2) is 6.21 Å². The Kier molecular flexibility index (Phi) is 7.27. The van der Waals surface area contributed by atoms with Crippen molar-refractivity contribution in [2.75, 3.05) is 50.4 Å². The first-order valence-corrected chi connectivity index (χ1v) is 12.8. The van der Waals surface area contributed by atoms with E-state index in [1.54, 1.807) is 12.5 Å². The van der Waals surface area contributed by atoms with Gasteiger partial charge in [-0.1, -0.05) is 12.5 Å². The van der Waals surface area contributed by atoms with Crippen LogP contribution in [-0.4, -0.2) is 76.6 Å². The number of nitrogens with zero attached hydrogens (tertiary/aromatic N) is 4. The molecule has 0 aliphatic carbocycles. The van der Waals surface area contributed by atoms with Crippen LogP contribution in [0.4, 0.5) is 17.2 Å². The first-order chi connectivity index (χ1) is 17.6. The normalized spacial score (nSPS) is 16.6. The van der Waals surface area contributed by atoms with E-state index in [9.17, 15) is 4.79 Å². The van der Waals surface area contributed by atoms with Gasteiger partial charge >= 0.3 is 0 Å². The Morgan fingerprint density at radius 1 is 1.17 bits per heavy atom. The maximum Gasteiger partial charge on any atom is 0.224 e. The van der Waals surface area contributed by atoms with E-state index in [0.29, 0.717) is 13.0 Å². The predicted molar refractivity (Wildman–Crippen MR) is 144 cm³/mol. The minimum atomic E-state index is 0.253. The molecule has 9 nitrogen and oxygen atoms in total. The van der Waals surface area contributed by atoms with E-state index in [1.165, 1.54) is 24.8 Å². The monoisotopic (exact) mass is 487 g/mol. The summed E-state index contributed by atoms with van der Waals surface area (Å²) in [6.07, 6.45) is 10.6. The second-order valence-electron chi connectivity index (χ2n) is 9.48. The molecule has 1 amide bonds. The van der Waals surface area contributed by atoms with Crippen LogP contribution in [0, 0.1) is 0 Å². The van der Waals surface area contributed by atoms with Crippen molar-refractivity contribution in [3.8, 4) is 0 Å². The van der Waals surface area contributed by atoms with Crippen LogP contribution in [0.5, 0.6) is 0 Å². The number of amides is 1. The van der Waals surface area contributed by atoms with Crippen molar-refractivity contribution in [2.45, 2.75) is 32.1 Å². The molecule has 188 valence electrons. The number of hydrogen-bond donors (Lipinski definition) is 4. The van der Waals surface area contributed by atoms with Crippen molar-refractivity contribution < 1.29 is 10.2 Å². The number of piperidine rings is 1. The molecule has 2 aromatic heterocycles. The number of anilines is 3. The minimum absolute atomic E-state index is 0.253. The number of aromatic amines is 1. The van der Waals surface area contributed by atoms with Gasteiger partial charge in [0.2, 0.25) is 5.91 Å². The number of rotatable bonds is 8. The van der Waals surface area contributed by atoms with Gasteiger partial charge in [-0.2, -0.15) is 0 Å². The van der Waals surface area contributed by atoms with E-state index in [1.807, 2.05) is 30.1 Å². The fraction of sp³-hybridized carbons (Fsp3) is 0.407. The minimum Gasteiger partial charge on any atom is -0.387 e. The summed E-state index contributed by atoms with van der Waals surface area (Å²) in [5.74, 6) is 0.983. The van der Waals surface area contributed by atoms with E-state index in [0.717, 1.165) is 72.1 Å². The average molecular weight is 488 g/mol. The first-order valence-electron chi connectivity index (χ1n) is 12.8. The molecular weight excluding hydrogens is 452 g/mol. The molecule has 0 atom stereocenters. The number of nitrogens with two attached hydrogens (primary N) is 1. The molecule has 0 radical (unpaired) electrons. The zero-order chi connectivity index (χ0) is 24.9. The van der Waals surface area contributed by atoms with E-state index < -0.39 is 0 Å². The largest absolute Gasteiger partial charge is 0.387 e. The number of likely N-dealkylation sites (tertiary alicyclic amines) is 1.